The maximum Gasteiger partial charge on any atom is 0.0223 e. The van der Waals surface area contributed by atoms with E-state index in [1.54, 1.807) is 0 Å². The molecule has 0 radical (unpaired) electrons. The molecule has 1 rings (SSSR count). The third kappa shape index (κ3) is 1.22. The van der Waals surface area contributed by atoms with E-state index in [0.717, 1.165) is 6.04 Å². The van der Waals surface area contributed by atoms with Crippen LogP contribution in [0.3, 0.4) is 0 Å². The highest BCUT2D eigenvalue weighted by Gasteiger charge is 2.30. The molecule has 2 unspecified atom stereocenters. The molecule has 1 fully saturated rings. The number of hydrogen-bond acceptors (Lipinski definition) is 1. The van der Waals surface area contributed by atoms with Crippen molar-refractivity contribution in [3.63, 3.8) is 0 Å². The summed E-state index contributed by atoms with van der Waals surface area (Å²) in [5, 5.41) is 0. The average molecular weight is 113 g/mol. The average Bonchev–Trinajstić information content (AvgIpc) is 2.48. The molecule has 0 bridgehead atoms. The highest BCUT2D eigenvalue weighted by atomic mass is 15.3. The molecule has 1 aliphatic rings. The summed E-state index contributed by atoms with van der Waals surface area (Å²) in [6, 6.07) is 0.963. The van der Waals surface area contributed by atoms with Crippen LogP contribution in [-0.2, 0) is 0 Å². The van der Waals surface area contributed by atoms with Gasteiger partial charge >= 0.3 is 0 Å². The first-order valence-corrected chi connectivity index (χ1v) is 3.62. The monoisotopic (exact) mass is 113 g/mol. The zero-order chi connectivity index (χ0) is 5.98. The largest absolute Gasteiger partial charge is 0.298 e. The Bertz CT molecular complexity index is 70.8. The Kier molecular flexibility index (Phi) is 1.90. The van der Waals surface area contributed by atoms with Gasteiger partial charge in [0.1, 0.15) is 0 Å². The Morgan fingerprint density at radius 2 is 2.25 bits per heavy atom. The quantitative estimate of drug-likeness (QED) is 0.501. The van der Waals surface area contributed by atoms with Crippen molar-refractivity contribution in [1.82, 2.24) is 4.90 Å². The summed E-state index contributed by atoms with van der Waals surface area (Å²) in [5.41, 5.74) is 0. The van der Waals surface area contributed by atoms with Crippen LogP contribution in [0.25, 0.3) is 0 Å². The van der Waals surface area contributed by atoms with E-state index in [4.69, 9.17) is 0 Å². The Morgan fingerprint density at radius 1 is 1.50 bits per heavy atom. The van der Waals surface area contributed by atoms with E-state index in [1.165, 1.54) is 25.9 Å². The molecule has 8 heavy (non-hydrogen) atoms. The van der Waals surface area contributed by atoms with Crippen molar-refractivity contribution in [2.45, 2.75) is 32.7 Å². The minimum absolute atomic E-state index is 0.963. The first kappa shape index (κ1) is 6.09. The summed E-state index contributed by atoms with van der Waals surface area (Å²) in [6.45, 7) is 7.11. The van der Waals surface area contributed by atoms with E-state index < -0.39 is 0 Å². The minimum atomic E-state index is 0.963. The van der Waals surface area contributed by atoms with Crippen LogP contribution in [-0.4, -0.2) is 24.0 Å². The van der Waals surface area contributed by atoms with Gasteiger partial charge in [-0.05, 0) is 13.0 Å². The second kappa shape index (κ2) is 2.49. The molecule has 0 aromatic carbocycles. The van der Waals surface area contributed by atoms with Crippen LogP contribution in [0.15, 0.2) is 0 Å². The van der Waals surface area contributed by atoms with E-state index >= 15 is 0 Å². The molecule has 0 aromatic heterocycles. The fourth-order valence-electron chi connectivity index (χ4n) is 1.22. The Balaban J connectivity index is 1.99. The second-order valence-corrected chi connectivity index (χ2v) is 2.53. The SMILES string of the molecule is CCCC1CN1CC. The van der Waals surface area contributed by atoms with Crippen LogP contribution in [0.2, 0.25) is 0 Å². The smallest absolute Gasteiger partial charge is 0.0223 e. The van der Waals surface area contributed by atoms with E-state index in [9.17, 15) is 0 Å². The third-order valence-electron chi connectivity index (χ3n) is 1.86. The molecule has 1 saturated heterocycles. The lowest BCUT2D eigenvalue weighted by Crippen LogP contribution is -1.98. The van der Waals surface area contributed by atoms with Gasteiger partial charge in [0.25, 0.3) is 0 Å². The van der Waals surface area contributed by atoms with Crippen LogP contribution in [0.4, 0.5) is 0 Å². The number of hydrogen-bond donors (Lipinski definition) is 0. The lowest BCUT2D eigenvalue weighted by molar-refractivity contribution is 0.514. The molecule has 48 valence electrons. The standard InChI is InChI=1S/C7H15N/c1-3-5-7-6-8(7)4-2/h7H,3-6H2,1-2H3. The van der Waals surface area contributed by atoms with E-state index in [-0.39, 0.29) is 0 Å². The summed E-state index contributed by atoms with van der Waals surface area (Å²) < 4.78 is 0. The maximum atomic E-state index is 2.50. The molecule has 1 heteroatoms. The van der Waals surface area contributed by atoms with Gasteiger partial charge in [-0.3, -0.25) is 4.90 Å². The van der Waals surface area contributed by atoms with E-state index in [1.807, 2.05) is 0 Å². The normalized spacial score (nSPS) is 35.2. The lowest BCUT2D eigenvalue weighted by Gasteiger charge is -1.93. The molecule has 1 aliphatic heterocycles. The molecule has 0 aromatic rings. The fraction of sp³-hybridized carbons (Fsp3) is 1.00. The van der Waals surface area contributed by atoms with Gasteiger partial charge in [0.2, 0.25) is 0 Å². The maximum absolute atomic E-state index is 2.50. The molecule has 1 heterocycles. The Morgan fingerprint density at radius 3 is 2.62 bits per heavy atom. The van der Waals surface area contributed by atoms with Crippen LogP contribution < -0.4 is 0 Å². The van der Waals surface area contributed by atoms with Gasteiger partial charge in [-0.15, -0.1) is 0 Å². The Labute approximate surface area is 51.7 Å². The molecular formula is C7H15N. The summed E-state index contributed by atoms with van der Waals surface area (Å²) in [4.78, 5) is 2.50. The van der Waals surface area contributed by atoms with Crippen LogP contribution in [0.1, 0.15) is 26.7 Å². The van der Waals surface area contributed by atoms with Gasteiger partial charge in [-0.2, -0.15) is 0 Å². The predicted molar refractivity (Wildman–Crippen MR) is 35.9 cm³/mol. The van der Waals surface area contributed by atoms with E-state index in [0.29, 0.717) is 0 Å². The summed E-state index contributed by atoms with van der Waals surface area (Å²) in [5.74, 6) is 0. The molecule has 0 aliphatic carbocycles. The Hall–Kier alpha value is -0.0400. The summed E-state index contributed by atoms with van der Waals surface area (Å²) >= 11 is 0. The van der Waals surface area contributed by atoms with Gasteiger partial charge in [0.05, 0.1) is 0 Å². The number of likely N-dealkylation sites (N-methyl/N-ethyl adjacent to an activating group) is 1. The zero-order valence-corrected chi connectivity index (χ0v) is 5.85. The molecule has 0 spiro atoms. The fourth-order valence-corrected chi connectivity index (χ4v) is 1.22. The summed E-state index contributed by atoms with van der Waals surface area (Å²) in [7, 11) is 0. The lowest BCUT2D eigenvalue weighted by atomic mass is 10.3. The highest BCUT2D eigenvalue weighted by Crippen LogP contribution is 2.20. The van der Waals surface area contributed by atoms with Crippen molar-refractivity contribution in [2.75, 3.05) is 13.1 Å². The molecule has 0 saturated carbocycles. The minimum Gasteiger partial charge on any atom is -0.298 e. The molecule has 0 amide bonds. The highest BCUT2D eigenvalue weighted by molar-refractivity contribution is 4.86. The van der Waals surface area contributed by atoms with Gasteiger partial charge in [0.15, 0.2) is 0 Å². The second-order valence-electron chi connectivity index (χ2n) is 2.53. The van der Waals surface area contributed by atoms with Crippen molar-refractivity contribution in [2.24, 2.45) is 0 Å². The van der Waals surface area contributed by atoms with Crippen LogP contribution >= 0.6 is 0 Å². The third-order valence-corrected chi connectivity index (χ3v) is 1.86. The summed E-state index contributed by atoms with van der Waals surface area (Å²) in [6.07, 6.45) is 2.76. The first-order valence-electron chi connectivity index (χ1n) is 3.62. The van der Waals surface area contributed by atoms with Crippen LogP contribution in [0, 0.1) is 0 Å². The molecule has 2 atom stereocenters. The van der Waals surface area contributed by atoms with Crippen molar-refractivity contribution in [3.8, 4) is 0 Å². The van der Waals surface area contributed by atoms with Crippen molar-refractivity contribution < 1.29 is 0 Å². The van der Waals surface area contributed by atoms with Gasteiger partial charge in [-0.1, -0.05) is 20.3 Å². The topological polar surface area (TPSA) is 3.01 Å². The number of nitrogens with zero attached hydrogens (tertiary/aromatic N) is 1. The van der Waals surface area contributed by atoms with Crippen molar-refractivity contribution in [3.05, 3.63) is 0 Å². The predicted octanol–water partition coefficient (Wildman–Crippen LogP) is 1.49. The first-order chi connectivity index (χ1) is 3.88. The van der Waals surface area contributed by atoms with Crippen molar-refractivity contribution in [1.29, 1.82) is 0 Å². The molecular weight excluding hydrogens is 98.1 g/mol. The van der Waals surface area contributed by atoms with Crippen molar-refractivity contribution >= 4 is 0 Å². The molecule has 1 nitrogen and oxygen atoms in total. The van der Waals surface area contributed by atoms with Gasteiger partial charge in [-0.25, -0.2) is 0 Å². The molecule has 0 N–H and O–H groups in total. The van der Waals surface area contributed by atoms with Crippen LogP contribution in [0.5, 0.6) is 0 Å². The van der Waals surface area contributed by atoms with Gasteiger partial charge < -0.3 is 0 Å². The number of rotatable bonds is 3. The zero-order valence-electron chi connectivity index (χ0n) is 5.85. The van der Waals surface area contributed by atoms with Gasteiger partial charge in [0, 0.05) is 12.6 Å². The van der Waals surface area contributed by atoms with E-state index in [2.05, 4.69) is 18.7 Å².